The van der Waals surface area contributed by atoms with Gasteiger partial charge in [-0.3, -0.25) is 0 Å². The van der Waals surface area contributed by atoms with Gasteiger partial charge in [-0.15, -0.1) is 0 Å². The van der Waals surface area contributed by atoms with Gasteiger partial charge in [0.2, 0.25) is 5.88 Å². The highest BCUT2D eigenvalue weighted by Gasteiger charge is 2.50. The molecule has 46 heavy (non-hydrogen) atoms. The summed E-state index contributed by atoms with van der Waals surface area (Å²) in [5, 5.41) is 1.74. The molecule has 3 aromatic carbocycles. The van der Waals surface area contributed by atoms with E-state index in [1.165, 1.54) is 12.2 Å². The van der Waals surface area contributed by atoms with Crippen molar-refractivity contribution in [3.05, 3.63) is 113 Å². The molecule has 0 amide bonds. The molecule has 0 atom stereocenters. The fraction of sp³-hybridized carbons (Fsp3) is 0.257. The molecule has 6 nitrogen and oxygen atoms in total. The van der Waals surface area contributed by atoms with Crippen molar-refractivity contribution < 1.29 is 36.6 Å². The monoisotopic (exact) mass is 669 g/mol. The Morgan fingerprint density at radius 3 is 2.09 bits per heavy atom. The van der Waals surface area contributed by atoms with E-state index in [-0.39, 0.29) is 41.5 Å². The van der Waals surface area contributed by atoms with Gasteiger partial charge in [0.05, 0.1) is 18.8 Å². The molecule has 0 bridgehead atoms. The Kier molecular flexibility index (Phi) is 11.3. The minimum absolute atomic E-state index is 0.153. The molecule has 0 aliphatic rings. The number of hydrogen-bond acceptors (Lipinski definition) is 6. The lowest BCUT2D eigenvalue weighted by atomic mass is 10.1. The van der Waals surface area contributed by atoms with Gasteiger partial charge in [-0.1, -0.05) is 93.0 Å². The first kappa shape index (κ1) is 34.7. The maximum absolute atomic E-state index is 13.1. The molecule has 4 rings (SSSR count). The van der Waals surface area contributed by atoms with Crippen molar-refractivity contribution in [2.24, 2.45) is 0 Å². The molecule has 0 saturated carbocycles. The molecule has 11 heteroatoms. The fourth-order valence-electron chi connectivity index (χ4n) is 5.05. The second-order valence-electron chi connectivity index (χ2n) is 11.3. The Hall–Kier alpha value is -4.12. The van der Waals surface area contributed by atoms with E-state index in [0.717, 1.165) is 16.4 Å². The van der Waals surface area contributed by atoms with E-state index >= 15 is 0 Å². The summed E-state index contributed by atoms with van der Waals surface area (Å²) in [6.07, 6.45) is -1.31. The number of carbonyl (C=O) groups excluding carboxylic acids is 1. The second kappa shape index (κ2) is 15.0. The lowest BCUT2D eigenvalue weighted by molar-refractivity contribution is -0.138. The summed E-state index contributed by atoms with van der Waals surface area (Å²) in [4.78, 5) is 15.7. The van der Waals surface area contributed by atoms with Crippen LogP contribution in [0.3, 0.4) is 0 Å². The number of halogens is 4. The van der Waals surface area contributed by atoms with E-state index in [9.17, 15) is 18.0 Å². The zero-order valence-corrected chi connectivity index (χ0v) is 27.7. The average molecular weight is 670 g/mol. The van der Waals surface area contributed by atoms with Crippen LogP contribution in [0.4, 0.5) is 13.2 Å². The normalized spacial score (nSPS) is 12.3. The van der Waals surface area contributed by atoms with Gasteiger partial charge >= 0.3 is 12.1 Å². The Morgan fingerprint density at radius 2 is 1.54 bits per heavy atom. The molecule has 0 radical (unpaired) electrons. The smallest absolute Gasteiger partial charge is 0.417 e. The number of hydrogen-bond donors (Lipinski definition) is 0. The highest BCUT2D eigenvalue weighted by Crippen LogP contribution is 2.38. The number of benzene rings is 3. The zero-order valence-electron chi connectivity index (χ0n) is 25.9. The summed E-state index contributed by atoms with van der Waals surface area (Å²) in [6.45, 7) is 8.91. The van der Waals surface area contributed by atoms with Gasteiger partial charge in [0, 0.05) is 23.9 Å². The van der Waals surface area contributed by atoms with Gasteiger partial charge in [-0.05, 0) is 46.6 Å². The number of esters is 1. The number of alkyl halides is 3. The molecule has 242 valence electrons. The molecule has 1 aromatic heterocycles. The lowest BCUT2D eigenvalue weighted by Crippen LogP contribution is -2.66. The first-order valence-electron chi connectivity index (χ1n) is 14.6. The average Bonchev–Trinajstić information content (AvgIpc) is 3.01. The Labute approximate surface area is 272 Å². The predicted molar refractivity (Wildman–Crippen MR) is 175 cm³/mol. The maximum Gasteiger partial charge on any atom is 0.417 e. The van der Waals surface area contributed by atoms with Crippen LogP contribution >= 0.6 is 11.6 Å². The van der Waals surface area contributed by atoms with Crippen LogP contribution in [-0.2, 0) is 20.1 Å². The molecule has 0 unspecified atom stereocenters. The van der Waals surface area contributed by atoms with Gasteiger partial charge in [0.25, 0.3) is 8.32 Å². The van der Waals surface area contributed by atoms with Crippen LogP contribution in [-0.4, -0.2) is 39.1 Å². The fourth-order valence-corrected chi connectivity index (χ4v) is 9.80. The summed E-state index contributed by atoms with van der Waals surface area (Å²) in [5.41, 5.74) is -0.591. The van der Waals surface area contributed by atoms with E-state index in [1.54, 1.807) is 25.1 Å². The van der Waals surface area contributed by atoms with Crippen LogP contribution in [0.25, 0.3) is 6.08 Å². The number of ether oxygens (including phenoxy) is 3. The third-order valence-electron chi connectivity index (χ3n) is 7.10. The Morgan fingerprint density at radius 1 is 0.913 bits per heavy atom. The Balaban J connectivity index is 1.59. The van der Waals surface area contributed by atoms with Crippen LogP contribution in [0.5, 0.6) is 17.4 Å². The number of carbonyl (C=O) groups is 1. The minimum atomic E-state index is -4.62. The van der Waals surface area contributed by atoms with Gasteiger partial charge in [0.1, 0.15) is 23.1 Å². The van der Waals surface area contributed by atoms with Crippen LogP contribution in [0.15, 0.2) is 97.2 Å². The van der Waals surface area contributed by atoms with Crippen molar-refractivity contribution in [3.63, 3.8) is 0 Å². The first-order chi connectivity index (χ1) is 21.8. The van der Waals surface area contributed by atoms with Gasteiger partial charge in [0.15, 0.2) is 0 Å². The van der Waals surface area contributed by atoms with Crippen molar-refractivity contribution in [1.82, 2.24) is 4.98 Å². The highest BCUT2D eigenvalue weighted by atomic mass is 35.5. The summed E-state index contributed by atoms with van der Waals surface area (Å²) >= 11 is 6.11. The topological polar surface area (TPSA) is 66.9 Å². The van der Waals surface area contributed by atoms with Gasteiger partial charge in [-0.2, -0.15) is 13.2 Å². The Bertz CT molecular complexity index is 1600. The minimum Gasteiger partial charge on any atom is -0.491 e. The van der Waals surface area contributed by atoms with Crippen LogP contribution < -0.4 is 19.8 Å². The van der Waals surface area contributed by atoms with Crippen LogP contribution in [0.2, 0.25) is 10.1 Å². The van der Waals surface area contributed by atoms with Gasteiger partial charge < -0.3 is 18.6 Å². The van der Waals surface area contributed by atoms with Crippen molar-refractivity contribution in [1.29, 1.82) is 0 Å². The summed E-state index contributed by atoms with van der Waals surface area (Å²) in [7, 11) is -2.77. The third kappa shape index (κ3) is 8.37. The van der Waals surface area contributed by atoms with Gasteiger partial charge in [-0.25, -0.2) is 9.78 Å². The molecule has 0 aliphatic carbocycles. The molecule has 1 heterocycles. The first-order valence-corrected chi connectivity index (χ1v) is 16.9. The number of aromatic nitrogens is 1. The largest absolute Gasteiger partial charge is 0.491 e. The predicted octanol–water partition coefficient (Wildman–Crippen LogP) is 8.08. The molecule has 0 fully saturated rings. The summed E-state index contributed by atoms with van der Waals surface area (Å²) in [5.74, 6) is -0.259. The molecule has 4 aromatic rings. The maximum atomic E-state index is 13.1. The summed E-state index contributed by atoms with van der Waals surface area (Å²) < 4.78 is 63.2. The zero-order chi connectivity index (χ0) is 33.4. The SMILES string of the molecule is CCOC(=O)C=Cc1ccc(OCCO[Si](c2ccccc2)(c2ccccc2)C(C)(C)C)cc1Oc1ncc(C(F)(F)F)cc1Cl. The quantitative estimate of drug-likeness (QED) is 0.0658. The van der Waals surface area contributed by atoms with E-state index < -0.39 is 26.0 Å². The molecule has 0 saturated heterocycles. The molecule has 0 aliphatic heterocycles. The van der Waals surface area contributed by atoms with E-state index in [2.05, 4.69) is 50.0 Å². The molecular formula is C35H35ClF3NO5Si. The van der Waals surface area contributed by atoms with E-state index in [1.807, 2.05) is 36.4 Å². The third-order valence-corrected chi connectivity index (χ3v) is 12.4. The van der Waals surface area contributed by atoms with Crippen molar-refractivity contribution >= 4 is 42.3 Å². The van der Waals surface area contributed by atoms with Crippen molar-refractivity contribution in [2.75, 3.05) is 19.8 Å². The molecule has 0 N–H and O–H groups in total. The standard InChI is InChI=1S/C35H35ClF3NO5Si/c1-5-42-32(41)19-17-25-16-18-27(23-31(25)45-33-30(36)22-26(24-40-33)35(37,38)39)43-20-21-44-46(34(2,3)4,28-12-8-6-9-13-28)29-14-10-7-11-15-29/h6-19,22-24H,5,20-21H2,1-4H3. The second-order valence-corrected chi connectivity index (χ2v) is 16.0. The van der Waals surface area contributed by atoms with Crippen LogP contribution in [0.1, 0.15) is 38.8 Å². The van der Waals surface area contributed by atoms with Crippen molar-refractivity contribution in [2.45, 2.75) is 38.9 Å². The van der Waals surface area contributed by atoms with E-state index in [4.69, 9.17) is 30.2 Å². The summed E-state index contributed by atoms with van der Waals surface area (Å²) in [6, 6.07) is 26.1. The number of rotatable bonds is 12. The van der Waals surface area contributed by atoms with E-state index in [0.29, 0.717) is 17.5 Å². The number of pyridine rings is 1. The number of nitrogens with zero attached hydrogens (tertiary/aromatic N) is 1. The van der Waals surface area contributed by atoms with Crippen molar-refractivity contribution in [3.8, 4) is 17.4 Å². The highest BCUT2D eigenvalue weighted by molar-refractivity contribution is 6.99. The molecular weight excluding hydrogens is 635 g/mol. The lowest BCUT2D eigenvalue weighted by Gasteiger charge is -2.43. The van der Waals surface area contributed by atoms with Crippen LogP contribution in [0, 0.1) is 0 Å². The molecule has 0 spiro atoms.